The van der Waals surface area contributed by atoms with Gasteiger partial charge in [-0.1, -0.05) is 23.2 Å². The molecule has 0 aromatic heterocycles. The molecule has 0 spiro atoms. The summed E-state index contributed by atoms with van der Waals surface area (Å²) in [7, 11) is -3.44. The number of carbonyl (C=O) groups excluding carboxylic acids is 1. The van der Waals surface area contributed by atoms with Gasteiger partial charge in [-0.2, -0.15) is 0 Å². The second-order valence-corrected chi connectivity index (χ2v) is 7.21. The van der Waals surface area contributed by atoms with Gasteiger partial charge in [0.2, 0.25) is 10.0 Å². The van der Waals surface area contributed by atoms with Crippen LogP contribution in [0.15, 0.2) is 36.4 Å². The van der Waals surface area contributed by atoms with Gasteiger partial charge in [-0.25, -0.2) is 12.8 Å². The van der Waals surface area contributed by atoms with Crippen molar-refractivity contribution in [2.75, 3.05) is 16.3 Å². The Balaban J connectivity index is 2.20. The third-order valence-electron chi connectivity index (χ3n) is 2.69. The topological polar surface area (TPSA) is 75.3 Å². The Bertz CT molecular complexity index is 872. The SMILES string of the molecule is CS(=O)(=O)Nc1ccc(C(=O)Nc2ccc(F)c(Cl)c2)c(Cl)c1. The van der Waals surface area contributed by atoms with Crippen molar-refractivity contribution in [1.29, 1.82) is 0 Å². The van der Waals surface area contributed by atoms with E-state index in [1.165, 1.54) is 30.3 Å². The second-order valence-electron chi connectivity index (χ2n) is 4.65. The third kappa shape index (κ3) is 4.82. The Morgan fingerprint density at radius 2 is 1.65 bits per heavy atom. The van der Waals surface area contributed by atoms with Crippen LogP contribution >= 0.6 is 23.2 Å². The fourth-order valence-electron chi connectivity index (χ4n) is 1.75. The maximum atomic E-state index is 13.1. The molecule has 0 aliphatic carbocycles. The zero-order valence-electron chi connectivity index (χ0n) is 11.7. The minimum absolute atomic E-state index is 0.0596. The number of sulfonamides is 1. The summed E-state index contributed by atoms with van der Waals surface area (Å²) < 4.78 is 37.6. The molecule has 0 aliphatic rings. The van der Waals surface area contributed by atoms with Gasteiger partial charge in [-0.3, -0.25) is 9.52 Å². The quantitative estimate of drug-likeness (QED) is 0.852. The molecule has 2 N–H and O–H groups in total. The van der Waals surface area contributed by atoms with Gasteiger partial charge in [0.05, 0.1) is 21.9 Å². The smallest absolute Gasteiger partial charge is 0.257 e. The fraction of sp³-hybridized carbons (Fsp3) is 0.0714. The largest absolute Gasteiger partial charge is 0.322 e. The highest BCUT2D eigenvalue weighted by molar-refractivity contribution is 7.92. The molecule has 122 valence electrons. The molecular formula is C14H11Cl2FN2O3S. The van der Waals surface area contributed by atoms with E-state index in [1.54, 1.807) is 0 Å². The molecule has 0 radical (unpaired) electrons. The molecule has 0 saturated heterocycles. The predicted octanol–water partition coefficient (Wildman–Crippen LogP) is 3.76. The second kappa shape index (κ2) is 6.74. The number of hydrogen-bond donors (Lipinski definition) is 2. The molecular weight excluding hydrogens is 366 g/mol. The van der Waals surface area contributed by atoms with Crippen LogP contribution in [0.2, 0.25) is 10.0 Å². The van der Waals surface area contributed by atoms with Gasteiger partial charge in [0.25, 0.3) is 5.91 Å². The van der Waals surface area contributed by atoms with E-state index in [-0.39, 0.29) is 21.3 Å². The first kappa shape index (κ1) is 17.5. The van der Waals surface area contributed by atoms with E-state index in [0.29, 0.717) is 5.69 Å². The first-order valence-corrected chi connectivity index (χ1v) is 8.84. The summed E-state index contributed by atoms with van der Waals surface area (Å²) >= 11 is 11.6. The van der Waals surface area contributed by atoms with E-state index in [4.69, 9.17) is 23.2 Å². The van der Waals surface area contributed by atoms with Crippen molar-refractivity contribution >= 4 is 50.5 Å². The number of halogens is 3. The summed E-state index contributed by atoms with van der Waals surface area (Å²) in [6.45, 7) is 0. The van der Waals surface area contributed by atoms with Crippen LogP contribution in [0.1, 0.15) is 10.4 Å². The molecule has 0 fully saturated rings. The van der Waals surface area contributed by atoms with Crippen LogP contribution in [-0.4, -0.2) is 20.6 Å². The van der Waals surface area contributed by atoms with Crippen molar-refractivity contribution in [3.8, 4) is 0 Å². The lowest BCUT2D eigenvalue weighted by molar-refractivity contribution is 0.102. The van der Waals surface area contributed by atoms with Gasteiger partial charge in [-0.15, -0.1) is 0 Å². The molecule has 5 nitrogen and oxygen atoms in total. The Labute approximate surface area is 142 Å². The molecule has 0 bridgehead atoms. The average Bonchev–Trinajstić information content (AvgIpc) is 2.41. The highest BCUT2D eigenvalue weighted by Crippen LogP contribution is 2.24. The average molecular weight is 377 g/mol. The zero-order chi connectivity index (χ0) is 17.2. The van der Waals surface area contributed by atoms with E-state index < -0.39 is 21.7 Å². The van der Waals surface area contributed by atoms with Crippen LogP contribution in [0, 0.1) is 5.82 Å². The Hall–Kier alpha value is -1.83. The van der Waals surface area contributed by atoms with E-state index in [2.05, 4.69) is 10.0 Å². The summed E-state index contributed by atoms with van der Waals surface area (Å²) in [5, 5.41) is 2.46. The van der Waals surface area contributed by atoms with E-state index >= 15 is 0 Å². The Morgan fingerprint density at radius 1 is 1.04 bits per heavy atom. The van der Waals surface area contributed by atoms with Gasteiger partial charge >= 0.3 is 0 Å². The molecule has 1 amide bonds. The van der Waals surface area contributed by atoms with Crippen LogP contribution in [0.4, 0.5) is 15.8 Å². The van der Waals surface area contributed by atoms with Crippen molar-refractivity contribution in [3.05, 3.63) is 57.8 Å². The monoisotopic (exact) mass is 376 g/mol. The lowest BCUT2D eigenvalue weighted by atomic mass is 10.2. The summed E-state index contributed by atoms with van der Waals surface area (Å²) in [6, 6.07) is 7.83. The van der Waals surface area contributed by atoms with Crippen molar-refractivity contribution in [3.63, 3.8) is 0 Å². The van der Waals surface area contributed by atoms with Gasteiger partial charge in [0, 0.05) is 11.4 Å². The number of benzene rings is 2. The van der Waals surface area contributed by atoms with Crippen LogP contribution in [0.5, 0.6) is 0 Å². The molecule has 2 aromatic carbocycles. The molecule has 2 aromatic rings. The molecule has 0 heterocycles. The zero-order valence-corrected chi connectivity index (χ0v) is 14.1. The fourth-order valence-corrected chi connectivity index (χ4v) is 2.75. The Morgan fingerprint density at radius 3 is 2.22 bits per heavy atom. The highest BCUT2D eigenvalue weighted by Gasteiger charge is 2.13. The molecule has 0 saturated carbocycles. The predicted molar refractivity (Wildman–Crippen MR) is 89.3 cm³/mol. The number of anilines is 2. The van der Waals surface area contributed by atoms with E-state index in [0.717, 1.165) is 12.3 Å². The maximum absolute atomic E-state index is 13.1. The van der Waals surface area contributed by atoms with Crippen LogP contribution in [-0.2, 0) is 10.0 Å². The van der Waals surface area contributed by atoms with Crippen LogP contribution in [0.3, 0.4) is 0 Å². The first-order valence-electron chi connectivity index (χ1n) is 6.19. The van der Waals surface area contributed by atoms with Crippen LogP contribution < -0.4 is 10.0 Å². The molecule has 9 heteroatoms. The summed E-state index contributed by atoms with van der Waals surface area (Å²) in [4.78, 5) is 12.2. The molecule has 2 rings (SSSR count). The number of carbonyl (C=O) groups is 1. The van der Waals surface area contributed by atoms with Gasteiger partial charge in [0.15, 0.2) is 0 Å². The molecule has 0 aliphatic heterocycles. The van der Waals surface area contributed by atoms with E-state index in [9.17, 15) is 17.6 Å². The van der Waals surface area contributed by atoms with Crippen molar-refractivity contribution in [2.45, 2.75) is 0 Å². The standard InChI is InChI=1S/C14H11Cl2FN2O3S/c1-23(21,22)19-9-2-4-10(11(15)7-9)14(20)18-8-3-5-13(17)12(16)6-8/h2-7,19H,1H3,(H,18,20). The van der Waals surface area contributed by atoms with Crippen molar-refractivity contribution in [1.82, 2.24) is 0 Å². The number of nitrogens with one attached hydrogen (secondary N) is 2. The minimum Gasteiger partial charge on any atom is -0.322 e. The van der Waals surface area contributed by atoms with Gasteiger partial charge in [0.1, 0.15) is 5.82 Å². The summed E-state index contributed by atoms with van der Waals surface area (Å²) in [5.74, 6) is -1.14. The molecule has 0 atom stereocenters. The molecule has 23 heavy (non-hydrogen) atoms. The number of rotatable bonds is 4. The summed E-state index contributed by atoms with van der Waals surface area (Å²) in [6.07, 6.45) is 1.000. The normalized spacial score (nSPS) is 11.1. The van der Waals surface area contributed by atoms with Gasteiger partial charge in [-0.05, 0) is 36.4 Å². The lowest BCUT2D eigenvalue weighted by Crippen LogP contribution is -2.13. The molecule has 0 unspecified atom stereocenters. The third-order valence-corrected chi connectivity index (χ3v) is 3.90. The van der Waals surface area contributed by atoms with E-state index in [1.807, 2.05) is 0 Å². The number of hydrogen-bond acceptors (Lipinski definition) is 3. The highest BCUT2D eigenvalue weighted by atomic mass is 35.5. The maximum Gasteiger partial charge on any atom is 0.257 e. The summed E-state index contributed by atoms with van der Waals surface area (Å²) in [5.41, 5.74) is 0.667. The van der Waals surface area contributed by atoms with Crippen LogP contribution in [0.25, 0.3) is 0 Å². The minimum atomic E-state index is -3.44. The number of amides is 1. The van der Waals surface area contributed by atoms with Gasteiger partial charge < -0.3 is 5.32 Å². The first-order chi connectivity index (χ1) is 10.7. The lowest BCUT2D eigenvalue weighted by Gasteiger charge is -2.09. The Kier molecular flexibility index (Phi) is 5.13. The van der Waals surface area contributed by atoms with Crippen molar-refractivity contribution < 1.29 is 17.6 Å². The van der Waals surface area contributed by atoms with Crippen molar-refractivity contribution in [2.24, 2.45) is 0 Å².